The molecule has 2 rings (SSSR count). The first-order valence-corrected chi connectivity index (χ1v) is 7.84. The van der Waals surface area contributed by atoms with E-state index in [4.69, 9.17) is 9.47 Å². The smallest absolute Gasteiger partial charge is 0.325 e. The second-order valence-corrected chi connectivity index (χ2v) is 5.87. The molecule has 1 aromatic carbocycles. The zero-order chi connectivity index (χ0) is 17.9. The molecule has 1 aliphatic rings. The summed E-state index contributed by atoms with van der Waals surface area (Å²) in [6, 6.07) is 2.73. The van der Waals surface area contributed by atoms with Crippen LogP contribution in [0.5, 0.6) is 11.5 Å². The van der Waals surface area contributed by atoms with Gasteiger partial charge in [-0.05, 0) is 24.6 Å². The summed E-state index contributed by atoms with van der Waals surface area (Å²) in [5, 5.41) is 9.83. The molecule has 0 spiro atoms. The Balaban J connectivity index is 2.39. The summed E-state index contributed by atoms with van der Waals surface area (Å²) in [6.07, 6.45) is 0. The molecule has 1 fully saturated rings. The molecular formula is C17H24N2O5. The Kier molecular flexibility index (Phi) is 5.66. The van der Waals surface area contributed by atoms with Gasteiger partial charge in [0.1, 0.15) is 17.5 Å². The monoisotopic (exact) mass is 336 g/mol. The normalized spacial score (nSPS) is 16.6. The molecule has 1 aromatic rings. The van der Waals surface area contributed by atoms with Crippen LogP contribution >= 0.6 is 0 Å². The topological polar surface area (TPSA) is 79.3 Å². The highest BCUT2D eigenvalue weighted by Crippen LogP contribution is 2.38. The number of aryl methyl sites for hydroxylation is 1. The van der Waals surface area contributed by atoms with Crippen molar-refractivity contribution in [1.29, 1.82) is 0 Å². The van der Waals surface area contributed by atoms with E-state index in [1.807, 2.05) is 11.8 Å². The number of rotatable bonds is 5. The summed E-state index contributed by atoms with van der Waals surface area (Å²) in [7, 11) is 3.04. The van der Waals surface area contributed by atoms with Gasteiger partial charge < -0.3 is 19.5 Å². The molecule has 1 N–H and O–H groups in total. The molecule has 0 radical (unpaired) electrons. The third kappa shape index (κ3) is 3.62. The number of carbonyl (C=O) groups excluding carboxylic acids is 1. The first-order valence-electron chi connectivity index (χ1n) is 7.84. The summed E-state index contributed by atoms with van der Waals surface area (Å²) in [4.78, 5) is 27.0. The Morgan fingerprint density at radius 1 is 1.08 bits per heavy atom. The Morgan fingerprint density at radius 3 is 1.96 bits per heavy atom. The molecule has 24 heavy (non-hydrogen) atoms. The molecule has 1 unspecified atom stereocenters. The van der Waals surface area contributed by atoms with Gasteiger partial charge in [-0.15, -0.1) is 0 Å². The predicted molar refractivity (Wildman–Crippen MR) is 88.5 cm³/mol. The van der Waals surface area contributed by atoms with E-state index in [2.05, 4.69) is 0 Å². The maximum atomic E-state index is 12.0. The molecular weight excluding hydrogens is 312 g/mol. The van der Waals surface area contributed by atoms with Gasteiger partial charge in [0.2, 0.25) is 5.91 Å². The molecule has 1 saturated heterocycles. The highest BCUT2D eigenvalue weighted by molar-refractivity contribution is 5.78. The fraction of sp³-hybridized carbons (Fsp3) is 0.529. The van der Waals surface area contributed by atoms with Crippen molar-refractivity contribution in [2.45, 2.75) is 19.9 Å². The quantitative estimate of drug-likeness (QED) is 0.873. The van der Waals surface area contributed by atoms with Crippen LogP contribution in [-0.2, 0) is 9.59 Å². The number of ether oxygens (including phenoxy) is 2. The molecule has 0 saturated carbocycles. The van der Waals surface area contributed by atoms with E-state index >= 15 is 0 Å². The number of carboxylic acid groups (broad SMARTS) is 1. The van der Waals surface area contributed by atoms with E-state index in [1.165, 1.54) is 21.1 Å². The molecule has 132 valence electrons. The lowest BCUT2D eigenvalue weighted by Gasteiger charge is -2.38. The predicted octanol–water partition coefficient (Wildman–Crippen LogP) is 1.30. The second kappa shape index (κ2) is 7.53. The van der Waals surface area contributed by atoms with Gasteiger partial charge in [0.25, 0.3) is 0 Å². The zero-order valence-electron chi connectivity index (χ0n) is 14.5. The number of carbonyl (C=O) groups is 2. The number of aliphatic carboxylic acids is 1. The Hall–Kier alpha value is -2.28. The number of hydrogen-bond donors (Lipinski definition) is 1. The fourth-order valence-corrected chi connectivity index (χ4v) is 3.10. The first-order chi connectivity index (χ1) is 11.4. The summed E-state index contributed by atoms with van der Waals surface area (Å²) in [6.45, 7) is 5.41. The van der Waals surface area contributed by atoms with Crippen LogP contribution < -0.4 is 9.47 Å². The van der Waals surface area contributed by atoms with Crippen LogP contribution in [0.3, 0.4) is 0 Å². The molecule has 1 aliphatic heterocycles. The molecule has 0 bridgehead atoms. The highest BCUT2D eigenvalue weighted by atomic mass is 16.5. The standard InChI is InChI=1S/C17H24N2O5/c1-11-9-13(23-3)15(14(10-11)24-4)16(17(21)22)19-7-5-18(6-8-19)12(2)20/h9-10,16H,5-8H2,1-4H3,(H,21,22). The summed E-state index contributed by atoms with van der Waals surface area (Å²) in [5.41, 5.74) is 1.44. The average molecular weight is 336 g/mol. The van der Waals surface area contributed by atoms with Crippen LogP contribution in [-0.4, -0.2) is 67.2 Å². The number of amides is 1. The van der Waals surface area contributed by atoms with Crippen LogP contribution in [0.2, 0.25) is 0 Å². The lowest BCUT2D eigenvalue weighted by Crippen LogP contribution is -2.50. The van der Waals surface area contributed by atoms with Crippen molar-refractivity contribution < 1.29 is 24.2 Å². The Bertz CT molecular complexity index is 598. The summed E-state index contributed by atoms with van der Waals surface area (Å²) >= 11 is 0. The number of nitrogens with zero attached hydrogens (tertiary/aromatic N) is 2. The van der Waals surface area contributed by atoms with Gasteiger partial charge in [-0.25, -0.2) is 0 Å². The van der Waals surface area contributed by atoms with Crippen molar-refractivity contribution in [3.63, 3.8) is 0 Å². The van der Waals surface area contributed by atoms with Crippen molar-refractivity contribution in [2.24, 2.45) is 0 Å². The second-order valence-electron chi connectivity index (χ2n) is 5.87. The van der Waals surface area contributed by atoms with E-state index in [0.29, 0.717) is 43.2 Å². The Labute approximate surface area is 141 Å². The van der Waals surface area contributed by atoms with Crippen molar-refractivity contribution in [3.05, 3.63) is 23.3 Å². The van der Waals surface area contributed by atoms with Gasteiger partial charge in [-0.1, -0.05) is 0 Å². The summed E-state index contributed by atoms with van der Waals surface area (Å²) in [5.74, 6) is 0.0280. The van der Waals surface area contributed by atoms with Gasteiger partial charge >= 0.3 is 5.97 Å². The minimum atomic E-state index is -0.966. The van der Waals surface area contributed by atoms with Crippen molar-refractivity contribution in [3.8, 4) is 11.5 Å². The van der Waals surface area contributed by atoms with E-state index in [-0.39, 0.29) is 5.91 Å². The third-order valence-electron chi connectivity index (χ3n) is 4.32. The van der Waals surface area contributed by atoms with Crippen LogP contribution in [0.1, 0.15) is 24.1 Å². The lowest BCUT2D eigenvalue weighted by atomic mass is 9.99. The highest BCUT2D eigenvalue weighted by Gasteiger charge is 2.35. The molecule has 0 aliphatic carbocycles. The number of hydrogen-bond acceptors (Lipinski definition) is 5. The Morgan fingerprint density at radius 2 is 1.58 bits per heavy atom. The first kappa shape index (κ1) is 18.1. The summed E-state index contributed by atoms with van der Waals surface area (Å²) < 4.78 is 10.8. The number of piperazine rings is 1. The number of methoxy groups -OCH3 is 2. The molecule has 7 heteroatoms. The molecule has 1 atom stereocenters. The SMILES string of the molecule is COc1cc(C)cc(OC)c1C(C(=O)O)N1CCN(C(C)=O)CC1. The minimum absolute atomic E-state index is 0.00650. The largest absolute Gasteiger partial charge is 0.496 e. The van der Waals surface area contributed by atoms with Crippen LogP contribution in [0.15, 0.2) is 12.1 Å². The maximum absolute atomic E-state index is 12.0. The van der Waals surface area contributed by atoms with Crippen molar-refractivity contribution >= 4 is 11.9 Å². The van der Waals surface area contributed by atoms with Crippen LogP contribution in [0, 0.1) is 6.92 Å². The van der Waals surface area contributed by atoms with Gasteiger partial charge in [-0.2, -0.15) is 0 Å². The average Bonchev–Trinajstić information content (AvgIpc) is 2.55. The lowest BCUT2D eigenvalue weighted by molar-refractivity contribution is -0.145. The van der Waals surface area contributed by atoms with Gasteiger partial charge in [0.15, 0.2) is 0 Å². The third-order valence-corrected chi connectivity index (χ3v) is 4.32. The van der Waals surface area contributed by atoms with Gasteiger partial charge in [0, 0.05) is 33.1 Å². The van der Waals surface area contributed by atoms with Crippen LogP contribution in [0.4, 0.5) is 0 Å². The van der Waals surface area contributed by atoms with Crippen LogP contribution in [0.25, 0.3) is 0 Å². The van der Waals surface area contributed by atoms with E-state index in [1.54, 1.807) is 17.0 Å². The molecule has 1 amide bonds. The van der Waals surface area contributed by atoms with Gasteiger partial charge in [-0.3, -0.25) is 14.5 Å². The maximum Gasteiger partial charge on any atom is 0.325 e. The molecule has 0 aromatic heterocycles. The molecule has 7 nitrogen and oxygen atoms in total. The number of benzene rings is 1. The van der Waals surface area contributed by atoms with E-state index in [9.17, 15) is 14.7 Å². The van der Waals surface area contributed by atoms with Gasteiger partial charge in [0.05, 0.1) is 19.8 Å². The zero-order valence-corrected chi connectivity index (χ0v) is 14.5. The van der Waals surface area contributed by atoms with E-state index in [0.717, 1.165) is 5.56 Å². The number of carboxylic acids is 1. The van der Waals surface area contributed by atoms with E-state index < -0.39 is 12.0 Å². The van der Waals surface area contributed by atoms with Crippen molar-refractivity contribution in [2.75, 3.05) is 40.4 Å². The molecule has 1 heterocycles. The fourth-order valence-electron chi connectivity index (χ4n) is 3.10. The van der Waals surface area contributed by atoms with Crippen molar-refractivity contribution in [1.82, 2.24) is 9.80 Å². The minimum Gasteiger partial charge on any atom is -0.496 e.